The van der Waals surface area contributed by atoms with E-state index >= 15 is 0 Å². The summed E-state index contributed by atoms with van der Waals surface area (Å²) in [5, 5.41) is 8.12. The van der Waals surface area contributed by atoms with Crippen LogP contribution in [-0.4, -0.2) is 33.8 Å². The van der Waals surface area contributed by atoms with Crippen LogP contribution in [0.15, 0.2) is 45.7 Å². The number of urea groups is 1. The van der Waals surface area contributed by atoms with E-state index in [0.717, 1.165) is 30.2 Å². The molecule has 0 saturated heterocycles. The van der Waals surface area contributed by atoms with Crippen molar-refractivity contribution in [1.82, 2.24) is 20.2 Å². The Kier molecular flexibility index (Phi) is 6.43. The van der Waals surface area contributed by atoms with Crippen LogP contribution in [0.1, 0.15) is 38.2 Å². The van der Waals surface area contributed by atoms with Crippen molar-refractivity contribution in [2.24, 2.45) is 5.92 Å². The molecule has 2 N–H and O–H groups in total. The van der Waals surface area contributed by atoms with E-state index in [1.165, 1.54) is 11.3 Å². The molecule has 31 heavy (non-hydrogen) atoms. The highest BCUT2D eigenvalue weighted by atomic mass is 32.2. The van der Waals surface area contributed by atoms with Crippen LogP contribution in [0.5, 0.6) is 0 Å². The molecule has 1 aromatic carbocycles. The van der Waals surface area contributed by atoms with Crippen LogP contribution >= 0.6 is 23.1 Å². The topological polar surface area (TPSA) is 93.1 Å². The third-order valence-electron chi connectivity index (χ3n) is 4.89. The van der Waals surface area contributed by atoms with Crippen molar-refractivity contribution in [3.8, 4) is 5.69 Å². The number of aromatic nitrogens is 2. The standard InChI is InChI=1S/C22H24N4O3S2/c1-13(2)10-23-21(29)24-17(27)12-31-22-25-19-18(16(11-30-19)14-8-9-14)20(28)26(22)15-6-4-3-5-7-15/h3-7,11,13-14H,8-10,12H2,1-2H3,(H2,23,24,27,29). The van der Waals surface area contributed by atoms with Crippen molar-refractivity contribution >= 4 is 45.3 Å². The summed E-state index contributed by atoms with van der Waals surface area (Å²) in [4.78, 5) is 43.0. The summed E-state index contributed by atoms with van der Waals surface area (Å²) in [5.74, 6) is 0.268. The number of imide groups is 1. The molecule has 0 unspecified atom stereocenters. The summed E-state index contributed by atoms with van der Waals surface area (Å²) in [6.45, 7) is 4.43. The first kappa shape index (κ1) is 21.6. The highest BCUT2D eigenvalue weighted by Gasteiger charge is 2.29. The van der Waals surface area contributed by atoms with Crippen LogP contribution in [0.2, 0.25) is 0 Å². The second kappa shape index (κ2) is 9.23. The number of benzene rings is 1. The van der Waals surface area contributed by atoms with Gasteiger partial charge in [-0.1, -0.05) is 43.8 Å². The van der Waals surface area contributed by atoms with Gasteiger partial charge in [-0.3, -0.25) is 19.5 Å². The number of nitrogens with one attached hydrogen (secondary N) is 2. The number of nitrogens with zero attached hydrogens (tertiary/aromatic N) is 2. The lowest BCUT2D eigenvalue weighted by molar-refractivity contribution is -0.117. The van der Waals surface area contributed by atoms with Gasteiger partial charge in [0.2, 0.25) is 5.91 Å². The fourth-order valence-electron chi connectivity index (χ4n) is 3.22. The summed E-state index contributed by atoms with van der Waals surface area (Å²) in [7, 11) is 0. The largest absolute Gasteiger partial charge is 0.338 e. The average molecular weight is 457 g/mol. The van der Waals surface area contributed by atoms with E-state index < -0.39 is 11.9 Å². The number of thiophene rings is 1. The molecule has 3 amide bonds. The van der Waals surface area contributed by atoms with E-state index in [9.17, 15) is 14.4 Å². The quantitative estimate of drug-likeness (QED) is 0.415. The van der Waals surface area contributed by atoms with Gasteiger partial charge in [0.1, 0.15) is 4.83 Å². The van der Waals surface area contributed by atoms with Crippen LogP contribution < -0.4 is 16.2 Å². The number of carbonyl (C=O) groups excluding carboxylic acids is 2. The molecular weight excluding hydrogens is 432 g/mol. The zero-order valence-electron chi connectivity index (χ0n) is 17.4. The number of hydrogen-bond donors (Lipinski definition) is 2. The Morgan fingerprint density at radius 3 is 2.68 bits per heavy atom. The van der Waals surface area contributed by atoms with Gasteiger partial charge in [0.25, 0.3) is 5.56 Å². The Bertz CT molecular complexity index is 1170. The minimum atomic E-state index is -0.518. The van der Waals surface area contributed by atoms with Gasteiger partial charge in [0.05, 0.1) is 16.8 Å². The van der Waals surface area contributed by atoms with E-state index in [1.807, 2.05) is 49.6 Å². The summed E-state index contributed by atoms with van der Waals surface area (Å²) in [6, 6.07) is 8.79. The lowest BCUT2D eigenvalue weighted by atomic mass is 10.1. The molecule has 0 atom stereocenters. The SMILES string of the molecule is CC(C)CNC(=O)NC(=O)CSc1nc2scc(C3CC3)c2c(=O)n1-c1ccccc1. The fourth-order valence-corrected chi connectivity index (χ4v) is 5.10. The summed E-state index contributed by atoms with van der Waals surface area (Å²) < 4.78 is 1.57. The summed E-state index contributed by atoms with van der Waals surface area (Å²) in [5.41, 5.74) is 1.67. The van der Waals surface area contributed by atoms with E-state index in [1.54, 1.807) is 4.57 Å². The zero-order valence-corrected chi connectivity index (χ0v) is 19.0. The molecule has 0 bridgehead atoms. The lowest BCUT2D eigenvalue weighted by Gasteiger charge is -2.13. The molecule has 4 rings (SSSR count). The molecule has 162 valence electrons. The van der Waals surface area contributed by atoms with Gasteiger partial charge < -0.3 is 5.32 Å². The van der Waals surface area contributed by atoms with Crippen molar-refractivity contribution in [3.63, 3.8) is 0 Å². The highest BCUT2D eigenvalue weighted by molar-refractivity contribution is 7.99. The Balaban J connectivity index is 1.60. The Morgan fingerprint density at radius 1 is 1.26 bits per heavy atom. The van der Waals surface area contributed by atoms with Gasteiger partial charge in [-0.15, -0.1) is 11.3 Å². The van der Waals surface area contributed by atoms with Crippen molar-refractivity contribution in [1.29, 1.82) is 0 Å². The first-order chi connectivity index (χ1) is 14.9. The third kappa shape index (κ3) is 4.99. The van der Waals surface area contributed by atoms with Gasteiger partial charge >= 0.3 is 6.03 Å². The molecule has 1 fully saturated rings. The first-order valence-electron chi connectivity index (χ1n) is 10.2. The van der Waals surface area contributed by atoms with Crippen molar-refractivity contribution in [3.05, 3.63) is 51.6 Å². The van der Waals surface area contributed by atoms with Crippen molar-refractivity contribution < 1.29 is 9.59 Å². The number of para-hydroxylation sites is 1. The molecule has 0 spiro atoms. The highest BCUT2D eigenvalue weighted by Crippen LogP contribution is 2.44. The Labute approximate surface area is 188 Å². The number of carbonyl (C=O) groups is 2. The second-order valence-electron chi connectivity index (χ2n) is 7.96. The number of hydrogen-bond acceptors (Lipinski definition) is 6. The van der Waals surface area contributed by atoms with Crippen LogP contribution in [0.4, 0.5) is 4.79 Å². The second-order valence-corrected chi connectivity index (χ2v) is 9.76. The minimum absolute atomic E-state index is 0.0270. The molecule has 2 heterocycles. The van der Waals surface area contributed by atoms with Gasteiger partial charge in [0.15, 0.2) is 5.16 Å². The molecule has 1 saturated carbocycles. The molecule has 1 aliphatic rings. The van der Waals surface area contributed by atoms with Crippen LogP contribution in [0, 0.1) is 5.92 Å². The molecule has 7 nitrogen and oxygen atoms in total. The van der Waals surface area contributed by atoms with E-state index in [4.69, 9.17) is 4.98 Å². The van der Waals surface area contributed by atoms with Gasteiger partial charge in [-0.2, -0.15) is 0 Å². The van der Waals surface area contributed by atoms with Crippen LogP contribution in [0.25, 0.3) is 15.9 Å². The maximum absolute atomic E-state index is 13.5. The Morgan fingerprint density at radius 2 is 2.00 bits per heavy atom. The van der Waals surface area contributed by atoms with Crippen molar-refractivity contribution in [2.45, 2.75) is 37.8 Å². The minimum Gasteiger partial charge on any atom is -0.338 e. The molecule has 0 radical (unpaired) electrons. The Hall–Kier alpha value is -2.65. The number of thioether (sulfide) groups is 1. The smallest absolute Gasteiger partial charge is 0.321 e. The monoisotopic (exact) mass is 456 g/mol. The molecule has 1 aliphatic carbocycles. The zero-order chi connectivity index (χ0) is 22.0. The van der Waals surface area contributed by atoms with Gasteiger partial charge in [-0.25, -0.2) is 9.78 Å². The predicted molar refractivity (Wildman–Crippen MR) is 124 cm³/mol. The van der Waals surface area contributed by atoms with Crippen molar-refractivity contribution in [2.75, 3.05) is 12.3 Å². The maximum Gasteiger partial charge on any atom is 0.321 e. The van der Waals surface area contributed by atoms with Crippen LogP contribution in [0.3, 0.4) is 0 Å². The van der Waals surface area contributed by atoms with E-state index in [2.05, 4.69) is 10.6 Å². The van der Waals surface area contributed by atoms with E-state index in [0.29, 0.717) is 33.5 Å². The number of rotatable bonds is 7. The fraction of sp³-hybridized carbons (Fsp3) is 0.364. The maximum atomic E-state index is 13.5. The predicted octanol–water partition coefficient (Wildman–Crippen LogP) is 3.90. The van der Waals surface area contributed by atoms with E-state index in [-0.39, 0.29) is 17.2 Å². The molecule has 0 aliphatic heterocycles. The molecule has 2 aromatic heterocycles. The molecular formula is C22H24N4O3S2. The summed E-state index contributed by atoms with van der Waals surface area (Å²) in [6.07, 6.45) is 2.21. The normalized spacial score (nSPS) is 13.5. The van der Waals surface area contributed by atoms with Crippen LogP contribution in [-0.2, 0) is 4.79 Å². The first-order valence-corrected chi connectivity index (χ1v) is 12.1. The average Bonchev–Trinajstić information content (AvgIpc) is 3.50. The number of fused-ring (bicyclic) bond motifs is 1. The van der Waals surface area contributed by atoms with Gasteiger partial charge in [-0.05, 0) is 47.8 Å². The molecule has 3 aromatic rings. The number of amides is 3. The lowest BCUT2D eigenvalue weighted by Crippen LogP contribution is -2.41. The van der Waals surface area contributed by atoms with Gasteiger partial charge in [0, 0.05) is 6.54 Å². The third-order valence-corrected chi connectivity index (χ3v) is 6.72. The molecule has 9 heteroatoms. The summed E-state index contributed by atoms with van der Waals surface area (Å²) >= 11 is 2.61.